The summed E-state index contributed by atoms with van der Waals surface area (Å²) in [7, 11) is 0. The Hall–Kier alpha value is -2.54. The SMILES string of the molecule is Cc1c[nH]c(=O)c(C(COC2CCC(c3cccc(F)c3)CC2)C[N+](=O)[O-])c1. The first-order valence-corrected chi connectivity index (χ1v) is 9.60. The molecule has 0 amide bonds. The third kappa shape index (κ3) is 5.25. The molecular weight excluding hydrogens is 363 g/mol. The summed E-state index contributed by atoms with van der Waals surface area (Å²) < 4.78 is 19.4. The molecule has 3 rings (SSSR count). The van der Waals surface area contributed by atoms with Crippen LogP contribution in [0.1, 0.15) is 54.2 Å². The molecule has 1 unspecified atom stereocenters. The van der Waals surface area contributed by atoms with Crippen LogP contribution in [0.5, 0.6) is 0 Å². The molecule has 1 aromatic heterocycles. The molecule has 1 atom stereocenters. The molecule has 1 N–H and O–H groups in total. The van der Waals surface area contributed by atoms with Gasteiger partial charge in [-0.2, -0.15) is 0 Å². The number of benzene rings is 1. The van der Waals surface area contributed by atoms with Crippen molar-refractivity contribution in [3.05, 3.63) is 79.5 Å². The lowest BCUT2D eigenvalue weighted by Crippen LogP contribution is -2.28. The largest absolute Gasteiger partial charge is 0.377 e. The van der Waals surface area contributed by atoms with Gasteiger partial charge in [0, 0.05) is 16.7 Å². The number of rotatable bonds is 7. The summed E-state index contributed by atoms with van der Waals surface area (Å²) in [5, 5.41) is 11.1. The van der Waals surface area contributed by atoms with Crippen molar-refractivity contribution in [3.8, 4) is 0 Å². The number of nitro groups is 1. The zero-order valence-electron chi connectivity index (χ0n) is 15.9. The first kappa shape index (κ1) is 20.2. The van der Waals surface area contributed by atoms with E-state index in [1.165, 1.54) is 6.07 Å². The van der Waals surface area contributed by atoms with Crippen molar-refractivity contribution < 1.29 is 14.1 Å². The summed E-state index contributed by atoms with van der Waals surface area (Å²) in [5.41, 5.74) is 1.94. The maximum atomic E-state index is 13.4. The Kier molecular flexibility index (Phi) is 6.57. The van der Waals surface area contributed by atoms with Crippen molar-refractivity contribution in [2.24, 2.45) is 0 Å². The van der Waals surface area contributed by atoms with E-state index in [0.29, 0.717) is 11.5 Å². The van der Waals surface area contributed by atoms with Gasteiger partial charge in [0.25, 0.3) is 5.56 Å². The summed E-state index contributed by atoms with van der Waals surface area (Å²) >= 11 is 0. The number of nitrogens with one attached hydrogen (secondary N) is 1. The van der Waals surface area contributed by atoms with Crippen LogP contribution in [0.4, 0.5) is 4.39 Å². The average molecular weight is 388 g/mol. The Morgan fingerprint density at radius 2 is 2.04 bits per heavy atom. The molecular formula is C21H25FN2O4. The number of aryl methyl sites for hydroxylation is 1. The Morgan fingerprint density at radius 3 is 2.71 bits per heavy atom. The van der Waals surface area contributed by atoms with E-state index in [1.807, 2.05) is 13.0 Å². The van der Waals surface area contributed by atoms with Crippen molar-refractivity contribution in [1.29, 1.82) is 0 Å². The summed E-state index contributed by atoms with van der Waals surface area (Å²) in [6.45, 7) is 1.63. The van der Waals surface area contributed by atoms with E-state index in [1.54, 1.807) is 24.4 Å². The van der Waals surface area contributed by atoms with Crippen LogP contribution in [0.3, 0.4) is 0 Å². The van der Waals surface area contributed by atoms with Crippen LogP contribution in [-0.4, -0.2) is 29.2 Å². The number of H-pyrrole nitrogens is 1. The monoisotopic (exact) mass is 388 g/mol. The number of ether oxygens (including phenoxy) is 1. The molecule has 0 spiro atoms. The summed E-state index contributed by atoms with van der Waals surface area (Å²) in [6.07, 6.45) is 5.00. The van der Waals surface area contributed by atoms with Gasteiger partial charge in [0.2, 0.25) is 6.54 Å². The van der Waals surface area contributed by atoms with Gasteiger partial charge < -0.3 is 9.72 Å². The number of halogens is 1. The number of hydrogen-bond acceptors (Lipinski definition) is 4. The number of nitrogens with zero attached hydrogens (tertiary/aromatic N) is 1. The zero-order chi connectivity index (χ0) is 20.1. The Bertz CT molecular complexity index is 875. The number of hydrogen-bond donors (Lipinski definition) is 1. The number of pyridine rings is 1. The van der Waals surface area contributed by atoms with Gasteiger partial charge in [-0.25, -0.2) is 4.39 Å². The van der Waals surface area contributed by atoms with E-state index in [0.717, 1.165) is 36.8 Å². The van der Waals surface area contributed by atoms with E-state index in [-0.39, 0.29) is 30.6 Å². The van der Waals surface area contributed by atoms with Crippen molar-refractivity contribution in [2.75, 3.05) is 13.2 Å². The van der Waals surface area contributed by atoms with Gasteiger partial charge in [-0.3, -0.25) is 14.9 Å². The molecule has 1 aromatic carbocycles. The molecule has 1 heterocycles. The minimum Gasteiger partial charge on any atom is -0.377 e. The van der Waals surface area contributed by atoms with Crippen molar-refractivity contribution in [1.82, 2.24) is 4.98 Å². The highest BCUT2D eigenvalue weighted by Gasteiger charge is 2.27. The van der Waals surface area contributed by atoms with E-state index in [2.05, 4.69) is 4.98 Å². The molecule has 6 nitrogen and oxygen atoms in total. The molecule has 1 aliphatic carbocycles. The van der Waals surface area contributed by atoms with Crippen molar-refractivity contribution in [3.63, 3.8) is 0 Å². The lowest BCUT2D eigenvalue weighted by Gasteiger charge is -2.29. The van der Waals surface area contributed by atoms with Crippen LogP contribution in [0, 0.1) is 22.9 Å². The second kappa shape index (κ2) is 9.10. The summed E-state index contributed by atoms with van der Waals surface area (Å²) in [4.78, 5) is 25.4. The fourth-order valence-corrected chi connectivity index (χ4v) is 3.91. The van der Waals surface area contributed by atoms with Crippen LogP contribution < -0.4 is 5.56 Å². The summed E-state index contributed by atoms with van der Waals surface area (Å²) in [6, 6.07) is 8.40. The molecule has 0 aliphatic heterocycles. The molecule has 1 aliphatic rings. The topological polar surface area (TPSA) is 85.2 Å². The molecule has 150 valence electrons. The second-order valence-corrected chi connectivity index (χ2v) is 7.54. The standard InChI is InChI=1S/C21H25FN2O4/c1-14-9-20(21(25)23-11-14)17(12-24(26)27)13-28-19-7-5-15(6-8-19)16-3-2-4-18(22)10-16/h2-4,9-11,15,17,19H,5-8,12-13H2,1H3,(H,23,25). The van der Waals surface area contributed by atoms with Gasteiger partial charge in [-0.05, 0) is 67.9 Å². The minimum absolute atomic E-state index is 0.00274. The highest BCUT2D eigenvalue weighted by molar-refractivity contribution is 5.22. The van der Waals surface area contributed by atoms with Crippen molar-refractivity contribution in [2.45, 2.75) is 50.5 Å². The molecule has 7 heteroatoms. The van der Waals surface area contributed by atoms with Crippen LogP contribution in [0.2, 0.25) is 0 Å². The predicted octanol–water partition coefficient (Wildman–Crippen LogP) is 3.93. The van der Waals surface area contributed by atoms with Gasteiger partial charge in [0.05, 0.1) is 18.6 Å². The Labute approximate surface area is 162 Å². The maximum Gasteiger partial charge on any atom is 0.251 e. The quantitative estimate of drug-likeness (QED) is 0.575. The van der Waals surface area contributed by atoms with E-state index in [9.17, 15) is 19.3 Å². The average Bonchev–Trinajstić information content (AvgIpc) is 2.67. The third-order valence-electron chi connectivity index (χ3n) is 5.41. The molecule has 0 radical (unpaired) electrons. The maximum absolute atomic E-state index is 13.4. The fraction of sp³-hybridized carbons (Fsp3) is 0.476. The molecule has 2 aromatic rings. The van der Waals surface area contributed by atoms with Gasteiger partial charge in [0.15, 0.2) is 0 Å². The number of aromatic nitrogens is 1. The van der Waals surface area contributed by atoms with E-state index < -0.39 is 10.8 Å². The Balaban J connectivity index is 1.59. The van der Waals surface area contributed by atoms with Crippen LogP contribution in [0.25, 0.3) is 0 Å². The van der Waals surface area contributed by atoms with Crippen LogP contribution in [0.15, 0.2) is 41.3 Å². The van der Waals surface area contributed by atoms with Crippen molar-refractivity contribution >= 4 is 0 Å². The lowest BCUT2D eigenvalue weighted by molar-refractivity contribution is -0.484. The molecule has 0 saturated heterocycles. The van der Waals surface area contributed by atoms with E-state index in [4.69, 9.17) is 4.74 Å². The normalized spacial score (nSPS) is 20.6. The van der Waals surface area contributed by atoms with Gasteiger partial charge in [-0.1, -0.05) is 12.1 Å². The molecule has 1 saturated carbocycles. The zero-order valence-corrected chi connectivity index (χ0v) is 15.9. The highest BCUT2D eigenvalue weighted by Crippen LogP contribution is 2.34. The Morgan fingerprint density at radius 1 is 1.29 bits per heavy atom. The molecule has 0 bridgehead atoms. The first-order chi connectivity index (χ1) is 13.4. The second-order valence-electron chi connectivity index (χ2n) is 7.54. The van der Waals surface area contributed by atoms with Crippen LogP contribution in [-0.2, 0) is 4.74 Å². The lowest BCUT2D eigenvalue weighted by atomic mass is 9.82. The highest BCUT2D eigenvalue weighted by atomic mass is 19.1. The minimum atomic E-state index is -0.584. The summed E-state index contributed by atoms with van der Waals surface area (Å²) in [5.74, 6) is -0.494. The third-order valence-corrected chi connectivity index (χ3v) is 5.41. The fourth-order valence-electron chi connectivity index (χ4n) is 3.91. The number of aromatic amines is 1. The van der Waals surface area contributed by atoms with Gasteiger partial charge >= 0.3 is 0 Å². The smallest absolute Gasteiger partial charge is 0.251 e. The molecule has 1 fully saturated rings. The van der Waals surface area contributed by atoms with Gasteiger partial charge in [-0.15, -0.1) is 0 Å². The molecule has 28 heavy (non-hydrogen) atoms. The first-order valence-electron chi connectivity index (χ1n) is 9.60. The van der Waals surface area contributed by atoms with Gasteiger partial charge in [0.1, 0.15) is 5.82 Å². The predicted molar refractivity (Wildman–Crippen MR) is 104 cm³/mol. The van der Waals surface area contributed by atoms with E-state index >= 15 is 0 Å². The van der Waals surface area contributed by atoms with Crippen LogP contribution >= 0.6 is 0 Å².